The van der Waals surface area contributed by atoms with Crippen LogP contribution in [0.1, 0.15) is 55.9 Å². The first-order valence-electron chi connectivity index (χ1n) is 12.0. The summed E-state index contributed by atoms with van der Waals surface area (Å²) in [7, 11) is 0. The third-order valence-corrected chi connectivity index (χ3v) is 6.73. The van der Waals surface area contributed by atoms with E-state index in [0.29, 0.717) is 0 Å². The maximum atomic E-state index is 13.7. The number of phenols is 4. The highest BCUT2D eigenvalue weighted by atomic mass is 16.5. The van der Waals surface area contributed by atoms with Crippen LogP contribution in [-0.4, -0.2) is 47.7 Å². The fourth-order valence-corrected chi connectivity index (χ4v) is 4.83. The van der Waals surface area contributed by atoms with E-state index >= 15 is 0 Å². The summed E-state index contributed by atoms with van der Waals surface area (Å²) in [4.78, 5) is 51.2. The molecule has 0 bridgehead atoms. The Morgan fingerprint density at radius 3 is 2.12 bits per heavy atom. The van der Waals surface area contributed by atoms with E-state index < -0.39 is 80.9 Å². The number of allylic oxidation sites excluding steroid dienone is 1. The van der Waals surface area contributed by atoms with E-state index in [0.717, 1.165) is 18.2 Å². The fraction of sp³-hybridized carbons (Fsp3) is 0.143. The van der Waals surface area contributed by atoms with Gasteiger partial charge in [0.05, 0.1) is 22.3 Å². The van der Waals surface area contributed by atoms with E-state index in [4.69, 9.17) is 13.6 Å². The van der Waals surface area contributed by atoms with Gasteiger partial charge < -0.3 is 49.3 Å². The molecule has 3 heterocycles. The number of carboxylic acids is 2. The second kappa shape index (κ2) is 9.62. The zero-order chi connectivity index (χ0) is 30.8. The number of rotatable bonds is 5. The van der Waals surface area contributed by atoms with E-state index in [2.05, 4.69) is 0 Å². The highest BCUT2D eigenvalue weighted by Gasteiger charge is 2.34. The number of hydrogen-bond donors (Lipinski definition) is 7. The van der Waals surface area contributed by atoms with Gasteiger partial charge in [0.2, 0.25) is 0 Å². The summed E-state index contributed by atoms with van der Waals surface area (Å²) in [6.45, 7) is 2.16. The lowest BCUT2D eigenvalue weighted by molar-refractivity contribution is 0.0682. The van der Waals surface area contributed by atoms with Crippen molar-refractivity contribution in [1.82, 2.24) is 0 Å². The molecule has 0 radical (unpaired) electrons. The van der Waals surface area contributed by atoms with Gasteiger partial charge in [0, 0.05) is 35.8 Å². The van der Waals surface area contributed by atoms with Gasteiger partial charge in [-0.25, -0.2) is 9.59 Å². The monoisotopic (exact) mass is 580 g/mol. The molecule has 0 saturated heterocycles. The third-order valence-electron chi connectivity index (χ3n) is 6.73. The van der Waals surface area contributed by atoms with Crippen molar-refractivity contribution in [2.45, 2.75) is 26.9 Å². The van der Waals surface area contributed by atoms with E-state index in [1.807, 2.05) is 0 Å². The molecule has 14 heteroatoms. The number of aromatic carboxylic acids is 2. The van der Waals surface area contributed by atoms with Crippen molar-refractivity contribution in [2.24, 2.45) is 0 Å². The van der Waals surface area contributed by atoms with Gasteiger partial charge >= 0.3 is 11.9 Å². The summed E-state index contributed by atoms with van der Waals surface area (Å²) in [5, 5.41) is 68.9. The molecule has 5 rings (SSSR count). The van der Waals surface area contributed by atoms with Gasteiger partial charge in [0.15, 0.2) is 33.9 Å². The minimum Gasteiger partial charge on any atom is -0.512 e. The number of aromatic hydroxyl groups is 4. The zero-order valence-corrected chi connectivity index (χ0v) is 21.6. The van der Waals surface area contributed by atoms with Crippen LogP contribution in [-0.2, 0) is 13.0 Å². The molecule has 1 aliphatic rings. The van der Waals surface area contributed by atoms with Gasteiger partial charge in [0.25, 0.3) is 0 Å². The van der Waals surface area contributed by atoms with E-state index in [9.17, 15) is 54.9 Å². The minimum atomic E-state index is -1.75. The molecule has 14 nitrogen and oxygen atoms in total. The van der Waals surface area contributed by atoms with Crippen LogP contribution in [0.3, 0.4) is 0 Å². The van der Waals surface area contributed by atoms with Crippen LogP contribution in [0.5, 0.6) is 28.7 Å². The average Bonchev–Trinajstić information content (AvgIpc) is 2.89. The molecule has 1 aliphatic heterocycles. The number of carboxylic acid groups (broad SMARTS) is 2. The first-order chi connectivity index (χ1) is 19.7. The lowest BCUT2D eigenvalue weighted by Crippen LogP contribution is -2.25. The maximum Gasteiger partial charge on any atom is 0.340 e. The molecule has 0 amide bonds. The van der Waals surface area contributed by atoms with Crippen LogP contribution >= 0.6 is 0 Å². The van der Waals surface area contributed by atoms with Crippen LogP contribution < -0.4 is 15.6 Å². The van der Waals surface area contributed by atoms with Crippen LogP contribution in [0.25, 0.3) is 28.4 Å². The van der Waals surface area contributed by atoms with Gasteiger partial charge in [-0.05, 0) is 13.8 Å². The van der Waals surface area contributed by atoms with E-state index in [-0.39, 0.29) is 51.0 Å². The van der Waals surface area contributed by atoms with Crippen LogP contribution in [0.2, 0.25) is 0 Å². The van der Waals surface area contributed by atoms with Crippen LogP contribution in [0.4, 0.5) is 0 Å². The number of hydrogen-bond acceptors (Lipinski definition) is 12. The summed E-state index contributed by atoms with van der Waals surface area (Å²) in [6.07, 6.45) is 0.489. The molecule has 0 atom stereocenters. The molecule has 7 N–H and O–H groups in total. The number of aliphatic hydroxyl groups is 1. The second-order valence-corrected chi connectivity index (χ2v) is 9.39. The molecular weight excluding hydrogens is 560 g/mol. The molecule has 0 unspecified atom stereocenters. The van der Waals surface area contributed by atoms with Crippen molar-refractivity contribution >= 4 is 29.0 Å². The number of aliphatic hydroxyl groups excluding tert-OH is 1. The fourth-order valence-electron chi connectivity index (χ4n) is 4.83. The average molecular weight is 580 g/mol. The van der Waals surface area contributed by atoms with Crippen LogP contribution in [0.15, 0.2) is 36.3 Å². The first-order valence-corrected chi connectivity index (χ1v) is 12.0. The smallest absolute Gasteiger partial charge is 0.340 e. The minimum absolute atomic E-state index is 0.0994. The van der Waals surface area contributed by atoms with Gasteiger partial charge in [-0.3, -0.25) is 9.59 Å². The molecule has 216 valence electrons. The second-order valence-electron chi connectivity index (χ2n) is 9.39. The van der Waals surface area contributed by atoms with Crippen molar-refractivity contribution in [2.75, 3.05) is 0 Å². The van der Waals surface area contributed by atoms with Crippen molar-refractivity contribution in [3.63, 3.8) is 0 Å². The number of benzene rings is 2. The molecule has 0 aliphatic carbocycles. The summed E-state index contributed by atoms with van der Waals surface area (Å²) >= 11 is 0. The maximum absolute atomic E-state index is 13.7. The third kappa shape index (κ3) is 4.13. The topological polar surface area (TPSA) is 245 Å². The molecule has 0 spiro atoms. The Labute approximate surface area is 232 Å². The van der Waals surface area contributed by atoms with E-state index in [1.165, 1.54) is 13.8 Å². The lowest BCUT2D eigenvalue weighted by atomic mass is 9.93. The Morgan fingerprint density at radius 2 is 1.50 bits per heavy atom. The number of ether oxygens (including phenoxy) is 1. The summed E-state index contributed by atoms with van der Waals surface area (Å²) in [5.41, 5.74) is -4.81. The predicted octanol–water partition coefficient (Wildman–Crippen LogP) is 3.34. The lowest BCUT2D eigenvalue weighted by Gasteiger charge is -2.23. The molecule has 2 aromatic carbocycles. The van der Waals surface area contributed by atoms with E-state index in [1.54, 1.807) is 0 Å². The molecule has 0 saturated carbocycles. The van der Waals surface area contributed by atoms with Gasteiger partial charge in [-0.1, -0.05) is 0 Å². The highest BCUT2D eigenvalue weighted by molar-refractivity contribution is 6.06. The first kappa shape index (κ1) is 27.6. The van der Waals surface area contributed by atoms with Gasteiger partial charge in [0.1, 0.15) is 46.3 Å². The zero-order valence-electron chi connectivity index (χ0n) is 21.6. The Balaban J connectivity index is 1.79. The standard InChI is InChI=1S/C28H20O14/c1-8(29)3-15-11(23(33)18-17(42-15)6-14(31)24(34)20(18)27(36)37)4-10-9(2)41-26-12(22(10)32)7-40-16-5-13(30)25(35)21(19(16)26)28(38)39/h3,5-6,29-31,34-35H,4,7H2,1-2H3,(H,36,37)(H,38,39)/b8-3-. The summed E-state index contributed by atoms with van der Waals surface area (Å²) in [5.74, 6) is -8.25. The molecular formula is C28H20O14. The quantitative estimate of drug-likeness (QED) is 0.132. The summed E-state index contributed by atoms with van der Waals surface area (Å²) in [6, 6.07) is 1.79. The van der Waals surface area contributed by atoms with Gasteiger partial charge in [-0.2, -0.15) is 0 Å². The normalized spacial score (nSPS) is 12.5. The number of carbonyl (C=O) groups is 2. The van der Waals surface area contributed by atoms with Crippen molar-refractivity contribution in [1.29, 1.82) is 0 Å². The largest absolute Gasteiger partial charge is 0.512 e. The Morgan fingerprint density at radius 1 is 0.881 bits per heavy atom. The number of aryl methyl sites for hydroxylation is 1. The molecule has 4 aromatic rings. The Hall–Kier alpha value is -5.92. The summed E-state index contributed by atoms with van der Waals surface area (Å²) < 4.78 is 17.0. The van der Waals surface area contributed by atoms with Crippen molar-refractivity contribution < 1.29 is 58.9 Å². The number of fused-ring (bicyclic) bond motifs is 4. The predicted molar refractivity (Wildman–Crippen MR) is 142 cm³/mol. The Kier molecular flexibility index (Phi) is 6.33. The number of phenolic OH excluding ortho intramolecular Hbond substituents is 2. The Bertz CT molecular complexity index is 2020. The highest BCUT2D eigenvalue weighted by Crippen LogP contribution is 2.47. The van der Waals surface area contributed by atoms with Crippen molar-refractivity contribution in [3.8, 4) is 40.1 Å². The van der Waals surface area contributed by atoms with Crippen LogP contribution in [0, 0.1) is 6.92 Å². The molecule has 42 heavy (non-hydrogen) atoms. The molecule has 0 fully saturated rings. The SMILES string of the molecule is C/C(O)=C/c1oc2cc(O)c(O)c(C(=O)O)c2c(=O)c1Cc1c(C)oc2c(c1=O)COc1cc(O)c(O)c(C(=O)O)c1-2. The molecule has 2 aromatic heterocycles. The van der Waals surface area contributed by atoms with Crippen molar-refractivity contribution in [3.05, 3.63) is 77.7 Å². The van der Waals surface area contributed by atoms with Gasteiger partial charge in [-0.15, -0.1) is 0 Å².